The van der Waals surface area contributed by atoms with Crippen molar-refractivity contribution in [2.75, 3.05) is 6.61 Å². The summed E-state index contributed by atoms with van der Waals surface area (Å²) in [4.78, 5) is 23.4. The lowest BCUT2D eigenvalue weighted by Gasteiger charge is -2.04. The number of amides is 1. The maximum Gasteiger partial charge on any atom is 0.255 e. The van der Waals surface area contributed by atoms with E-state index in [4.69, 9.17) is 15.2 Å². The molecule has 2 N–H and O–H groups in total. The molecule has 0 bridgehead atoms. The van der Waals surface area contributed by atoms with Crippen LogP contribution in [0.5, 0.6) is 11.5 Å². The predicted octanol–water partition coefficient (Wildman–Crippen LogP) is 2.66. The van der Waals surface area contributed by atoms with Gasteiger partial charge in [-0.15, -0.1) is 0 Å². The minimum absolute atomic E-state index is 0.186. The van der Waals surface area contributed by atoms with E-state index in [1.54, 1.807) is 24.3 Å². The van der Waals surface area contributed by atoms with E-state index in [0.717, 1.165) is 16.5 Å². The van der Waals surface area contributed by atoms with Crippen LogP contribution >= 0.6 is 0 Å². The summed E-state index contributed by atoms with van der Waals surface area (Å²) in [6.07, 6.45) is 3.70. The second-order valence-corrected chi connectivity index (χ2v) is 6.07. The molecule has 2 aromatic carbocycles. The van der Waals surface area contributed by atoms with Crippen LogP contribution in [0.3, 0.4) is 0 Å². The highest BCUT2D eigenvalue weighted by Gasteiger charge is 2.28. The Balaban J connectivity index is 1.67. The van der Waals surface area contributed by atoms with Crippen molar-refractivity contribution in [1.29, 1.82) is 0 Å². The van der Waals surface area contributed by atoms with Crippen molar-refractivity contribution < 1.29 is 19.1 Å². The Kier molecular flexibility index (Phi) is 3.73. The number of allylic oxidation sites excluding steroid dienone is 1. The summed E-state index contributed by atoms with van der Waals surface area (Å²) in [6.45, 7) is -0.231. The molecule has 0 unspecified atom stereocenters. The number of benzene rings is 2. The summed E-state index contributed by atoms with van der Waals surface area (Å²) in [6, 6.07) is 12.8. The van der Waals surface area contributed by atoms with Crippen LogP contribution in [0.15, 0.2) is 54.4 Å². The number of ketones is 1. The van der Waals surface area contributed by atoms with Gasteiger partial charge in [0.05, 0.1) is 5.56 Å². The SMILES string of the molecule is Cn1cc(/C=C2/Oc3cc(OCC(N)=O)ccc3C2=O)c2ccccc21. The lowest BCUT2D eigenvalue weighted by Crippen LogP contribution is -2.19. The third-order valence-corrected chi connectivity index (χ3v) is 4.24. The van der Waals surface area contributed by atoms with Crippen LogP contribution < -0.4 is 15.2 Å². The highest BCUT2D eigenvalue weighted by atomic mass is 16.5. The zero-order valence-electron chi connectivity index (χ0n) is 14.1. The van der Waals surface area contributed by atoms with Gasteiger partial charge in [-0.25, -0.2) is 0 Å². The monoisotopic (exact) mass is 348 g/mol. The molecule has 4 rings (SSSR count). The summed E-state index contributed by atoms with van der Waals surface area (Å²) in [5, 5.41) is 1.04. The number of aryl methyl sites for hydroxylation is 1. The predicted molar refractivity (Wildman–Crippen MR) is 97.0 cm³/mol. The largest absolute Gasteiger partial charge is 0.484 e. The van der Waals surface area contributed by atoms with Gasteiger partial charge in [-0.05, 0) is 24.3 Å². The number of hydrogen-bond acceptors (Lipinski definition) is 4. The van der Waals surface area contributed by atoms with Crippen molar-refractivity contribution in [2.45, 2.75) is 0 Å². The topological polar surface area (TPSA) is 83.5 Å². The summed E-state index contributed by atoms with van der Waals surface area (Å²) in [5.74, 6) is 0.321. The molecule has 1 amide bonds. The minimum Gasteiger partial charge on any atom is -0.484 e. The van der Waals surface area contributed by atoms with Crippen LogP contribution in [0.2, 0.25) is 0 Å². The van der Waals surface area contributed by atoms with Crippen molar-refractivity contribution in [3.05, 3.63) is 65.5 Å². The van der Waals surface area contributed by atoms with Gasteiger partial charge in [0.1, 0.15) is 11.5 Å². The van der Waals surface area contributed by atoms with Gasteiger partial charge in [-0.1, -0.05) is 18.2 Å². The first-order chi connectivity index (χ1) is 12.5. The van der Waals surface area contributed by atoms with Gasteiger partial charge in [0.25, 0.3) is 5.91 Å². The molecule has 0 spiro atoms. The van der Waals surface area contributed by atoms with Crippen molar-refractivity contribution in [2.24, 2.45) is 12.8 Å². The van der Waals surface area contributed by atoms with Crippen molar-refractivity contribution in [3.63, 3.8) is 0 Å². The number of primary amides is 1. The minimum atomic E-state index is -0.570. The number of rotatable bonds is 4. The van der Waals surface area contributed by atoms with Crippen LogP contribution in [0.4, 0.5) is 0 Å². The van der Waals surface area contributed by atoms with E-state index in [0.29, 0.717) is 17.1 Å². The molecule has 26 heavy (non-hydrogen) atoms. The van der Waals surface area contributed by atoms with E-state index in [2.05, 4.69) is 0 Å². The molecule has 3 aromatic rings. The Morgan fingerprint density at radius 2 is 2.08 bits per heavy atom. The molecular weight excluding hydrogens is 332 g/mol. The van der Waals surface area contributed by atoms with E-state index in [-0.39, 0.29) is 18.1 Å². The first kappa shape index (κ1) is 16.0. The van der Waals surface area contributed by atoms with E-state index in [1.165, 1.54) is 0 Å². The van der Waals surface area contributed by atoms with Gasteiger partial charge in [0.15, 0.2) is 12.4 Å². The van der Waals surface area contributed by atoms with Crippen LogP contribution in [-0.2, 0) is 11.8 Å². The van der Waals surface area contributed by atoms with Crippen LogP contribution in [0.25, 0.3) is 17.0 Å². The zero-order chi connectivity index (χ0) is 18.3. The molecule has 0 saturated heterocycles. The van der Waals surface area contributed by atoms with E-state index in [1.807, 2.05) is 42.1 Å². The lowest BCUT2D eigenvalue weighted by molar-refractivity contribution is -0.119. The first-order valence-corrected chi connectivity index (χ1v) is 8.06. The molecule has 0 saturated carbocycles. The van der Waals surface area contributed by atoms with E-state index >= 15 is 0 Å². The van der Waals surface area contributed by atoms with Crippen LogP contribution in [-0.4, -0.2) is 22.9 Å². The van der Waals surface area contributed by atoms with Gasteiger partial charge in [-0.3, -0.25) is 9.59 Å². The number of nitrogens with two attached hydrogens (primary N) is 1. The molecule has 0 aliphatic carbocycles. The molecule has 0 atom stereocenters. The van der Waals surface area contributed by atoms with Crippen molar-refractivity contribution in [1.82, 2.24) is 4.57 Å². The van der Waals surface area contributed by atoms with E-state index in [9.17, 15) is 9.59 Å². The molecule has 1 aliphatic rings. The van der Waals surface area contributed by atoms with Gasteiger partial charge in [-0.2, -0.15) is 0 Å². The van der Waals surface area contributed by atoms with Gasteiger partial charge < -0.3 is 19.8 Å². The Morgan fingerprint density at radius 3 is 2.88 bits per heavy atom. The van der Waals surface area contributed by atoms with Crippen molar-refractivity contribution >= 4 is 28.7 Å². The number of carbonyl (C=O) groups is 2. The molecule has 6 heteroatoms. The number of aromatic nitrogens is 1. The normalized spacial score (nSPS) is 14.5. The summed E-state index contributed by atoms with van der Waals surface area (Å²) in [5.41, 5.74) is 7.51. The highest BCUT2D eigenvalue weighted by molar-refractivity contribution is 6.15. The molecule has 6 nitrogen and oxygen atoms in total. The maximum atomic E-state index is 12.6. The summed E-state index contributed by atoms with van der Waals surface area (Å²) in [7, 11) is 1.96. The van der Waals surface area contributed by atoms with E-state index < -0.39 is 5.91 Å². The van der Waals surface area contributed by atoms with Gasteiger partial charge in [0, 0.05) is 35.8 Å². The number of para-hydroxylation sites is 1. The smallest absolute Gasteiger partial charge is 0.255 e. The third kappa shape index (κ3) is 2.71. The fraction of sp³-hybridized carbons (Fsp3) is 0.100. The fourth-order valence-corrected chi connectivity index (χ4v) is 3.04. The fourth-order valence-electron chi connectivity index (χ4n) is 3.04. The highest BCUT2D eigenvalue weighted by Crippen LogP contribution is 2.35. The summed E-state index contributed by atoms with van der Waals surface area (Å²) >= 11 is 0. The second kappa shape index (κ2) is 6.07. The lowest BCUT2D eigenvalue weighted by atomic mass is 10.1. The Hall–Kier alpha value is -3.54. The molecule has 1 aliphatic heterocycles. The maximum absolute atomic E-state index is 12.6. The number of hydrogen-bond donors (Lipinski definition) is 1. The number of nitrogens with zero attached hydrogens (tertiary/aromatic N) is 1. The second-order valence-electron chi connectivity index (χ2n) is 6.07. The van der Waals surface area contributed by atoms with Gasteiger partial charge in [0.2, 0.25) is 5.78 Å². The molecule has 0 radical (unpaired) electrons. The van der Waals surface area contributed by atoms with Crippen molar-refractivity contribution in [3.8, 4) is 11.5 Å². The Bertz CT molecular complexity index is 1080. The Morgan fingerprint density at radius 1 is 1.27 bits per heavy atom. The number of Topliss-reactive ketones (excluding diaryl/α,β-unsaturated/α-hetero) is 1. The third-order valence-electron chi connectivity index (χ3n) is 4.24. The standard InChI is InChI=1S/C20H16N2O4/c1-22-10-12(14-4-2-3-5-16(14)22)8-18-20(24)15-7-6-13(9-17(15)26-18)25-11-19(21)23/h2-10H,11H2,1H3,(H2,21,23)/b18-8+. The summed E-state index contributed by atoms with van der Waals surface area (Å²) < 4.78 is 13.0. The van der Waals surface area contributed by atoms with Gasteiger partial charge >= 0.3 is 0 Å². The number of ether oxygens (including phenoxy) is 2. The molecule has 1 aromatic heterocycles. The zero-order valence-corrected chi connectivity index (χ0v) is 14.1. The first-order valence-electron chi connectivity index (χ1n) is 8.06. The molecule has 2 heterocycles. The average molecular weight is 348 g/mol. The van der Waals surface area contributed by atoms with Crippen LogP contribution in [0.1, 0.15) is 15.9 Å². The quantitative estimate of drug-likeness (QED) is 0.735. The Labute approximate surface area is 149 Å². The molecule has 0 fully saturated rings. The average Bonchev–Trinajstić information content (AvgIpc) is 3.11. The molecule has 130 valence electrons. The number of carbonyl (C=O) groups excluding carboxylic acids is 2. The number of fused-ring (bicyclic) bond motifs is 2. The molecular formula is C20H16N2O4. The van der Waals surface area contributed by atoms with Crippen LogP contribution in [0, 0.1) is 0 Å².